The molecule has 0 radical (unpaired) electrons. The van der Waals surface area contributed by atoms with E-state index in [0.717, 1.165) is 24.2 Å². The van der Waals surface area contributed by atoms with E-state index in [2.05, 4.69) is 0 Å². The fraction of sp³-hybridized carbons (Fsp3) is 0.188. The molecule has 4 heteroatoms. The van der Waals surface area contributed by atoms with E-state index in [-0.39, 0.29) is 5.56 Å². The zero-order chi connectivity index (χ0) is 14.1. The van der Waals surface area contributed by atoms with Crippen LogP contribution >= 0.6 is 0 Å². The van der Waals surface area contributed by atoms with Crippen molar-refractivity contribution in [3.05, 3.63) is 58.9 Å². The van der Waals surface area contributed by atoms with E-state index in [9.17, 15) is 4.39 Å². The van der Waals surface area contributed by atoms with Crippen LogP contribution in [0.1, 0.15) is 16.7 Å². The quantitative estimate of drug-likeness (QED) is 0.808. The van der Waals surface area contributed by atoms with Gasteiger partial charge in [0, 0.05) is 18.8 Å². The van der Waals surface area contributed by atoms with E-state index < -0.39 is 5.82 Å². The SMILES string of the molecule is N#Cc1c(F)cccc1N1CCc2c(N)cccc2C1. The van der Waals surface area contributed by atoms with Gasteiger partial charge in [-0.25, -0.2) is 4.39 Å². The van der Waals surface area contributed by atoms with Gasteiger partial charge in [-0.2, -0.15) is 5.26 Å². The van der Waals surface area contributed by atoms with Crippen molar-refractivity contribution in [2.45, 2.75) is 13.0 Å². The summed E-state index contributed by atoms with van der Waals surface area (Å²) in [5.41, 5.74) is 9.85. The third kappa shape index (κ3) is 1.97. The highest BCUT2D eigenvalue weighted by Crippen LogP contribution is 2.30. The van der Waals surface area contributed by atoms with Crippen LogP contribution < -0.4 is 10.6 Å². The molecule has 1 heterocycles. The Balaban J connectivity index is 1.99. The van der Waals surface area contributed by atoms with Crippen molar-refractivity contribution in [1.82, 2.24) is 0 Å². The van der Waals surface area contributed by atoms with Gasteiger partial charge in [0.2, 0.25) is 0 Å². The van der Waals surface area contributed by atoms with E-state index >= 15 is 0 Å². The molecule has 0 aliphatic carbocycles. The highest BCUT2D eigenvalue weighted by molar-refractivity contribution is 5.62. The van der Waals surface area contributed by atoms with E-state index in [1.807, 2.05) is 29.2 Å². The number of hydrogen-bond acceptors (Lipinski definition) is 3. The average Bonchev–Trinajstić information content (AvgIpc) is 2.47. The lowest BCUT2D eigenvalue weighted by molar-refractivity contribution is 0.621. The molecule has 0 unspecified atom stereocenters. The van der Waals surface area contributed by atoms with E-state index in [4.69, 9.17) is 11.0 Å². The van der Waals surface area contributed by atoms with Crippen molar-refractivity contribution in [1.29, 1.82) is 5.26 Å². The van der Waals surface area contributed by atoms with Crippen LogP contribution in [0.4, 0.5) is 15.8 Å². The lowest BCUT2D eigenvalue weighted by Crippen LogP contribution is -2.31. The molecular weight excluding hydrogens is 253 g/mol. The molecule has 1 aliphatic rings. The second-order valence-electron chi connectivity index (χ2n) is 4.90. The Morgan fingerprint density at radius 1 is 1.20 bits per heavy atom. The van der Waals surface area contributed by atoms with Crippen LogP contribution in [0.25, 0.3) is 0 Å². The number of halogens is 1. The number of nitriles is 1. The van der Waals surface area contributed by atoms with Crippen molar-refractivity contribution in [2.75, 3.05) is 17.2 Å². The molecule has 3 rings (SSSR count). The summed E-state index contributed by atoms with van der Waals surface area (Å²) in [6.45, 7) is 1.39. The number of hydrogen-bond donors (Lipinski definition) is 1. The zero-order valence-electron chi connectivity index (χ0n) is 10.9. The van der Waals surface area contributed by atoms with Crippen LogP contribution in [0.5, 0.6) is 0 Å². The highest BCUT2D eigenvalue weighted by Gasteiger charge is 2.21. The first-order chi connectivity index (χ1) is 9.70. The van der Waals surface area contributed by atoms with Crippen LogP contribution in [-0.2, 0) is 13.0 Å². The first kappa shape index (κ1) is 12.5. The number of fused-ring (bicyclic) bond motifs is 1. The Labute approximate surface area is 117 Å². The molecule has 100 valence electrons. The van der Waals surface area contributed by atoms with Crippen LogP contribution in [0.3, 0.4) is 0 Å². The molecule has 1 aliphatic heterocycles. The summed E-state index contributed by atoms with van der Waals surface area (Å²) in [6, 6.07) is 12.6. The minimum atomic E-state index is -0.469. The lowest BCUT2D eigenvalue weighted by atomic mass is 9.97. The minimum absolute atomic E-state index is 0.111. The predicted molar refractivity (Wildman–Crippen MR) is 76.7 cm³/mol. The molecular formula is C16H14FN3. The Hall–Kier alpha value is -2.54. The molecule has 0 amide bonds. The molecule has 0 bridgehead atoms. The van der Waals surface area contributed by atoms with E-state index in [0.29, 0.717) is 12.2 Å². The largest absolute Gasteiger partial charge is 0.398 e. The van der Waals surface area contributed by atoms with Gasteiger partial charge in [0.15, 0.2) is 0 Å². The van der Waals surface area contributed by atoms with E-state index in [1.165, 1.54) is 11.6 Å². The van der Waals surface area contributed by atoms with Gasteiger partial charge in [-0.3, -0.25) is 0 Å². The zero-order valence-corrected chi connectivity index (χ0v) is 10.9. The van der Waals surface area contributed by atoms with Crippen molar-refractivity contribution >= 4 is 11.4 Å². The molecule has 0 saturated carbocycles. The third-order valence-corrected chi connectivity index (χ3v) is 3.75. The first-order valence-corrected chi connectivity index (χ1v) is 6.50. The van der Waals surface area contributed by atoms with Crippen LogP contribution in [-0.4, -0.2) is 6.54 Å². The highest BCUT2D eigenvalue weighted by atomic mass is 19.1. The Morgan fingerprint density at radius 3 is 2.80 bits per heavy atom. The topological polar surface area (TPSA) is 53.0 Å². The fourth-order valence-electron chi connectivity index (χ4n) is 2.73. The van der Waals surface area contributed by atoms with Crippen LogP contribution in [0, 0.1) is 17.1 Å². The monoisotopic (exact) mass is 267 g/mol. The summed E-state index contributed by atoms with van der Waals surface area (Å²) in [5, 5.41) is 9.13. The molecule has 0 spiro atoms. The molecule has 2 aromatic rings. The Kier molecular flexibility index (Phi) is 3.03. The fourth-order valence-corrected chi connectivity index (χ4v) is 2.73. The normalized spacial score (nSPS) is 13.7. The summed E-state index contributed by atoms with van der Waals surface area (Å²) < 4.78 is 13.7. The number of nitrogen functional groups attached to an aromatic ring is 1. The number of anilines is 2. The lowest BCUT2D eigenvalue weighted by Gasteiger charge is -2.32. The number of rotatable bonds is 1. The van der Waals surface area contributed by atoms with Crippen molar-refractivity contribution in [2.24, 2.45) is 0 Å². The molecule has 3 nitrogen and oxygen atoms in total. The molecule has 0 aromatic heterocycles. The summed E-state index contributed by atoms with van der Waals surface area (Å²) in [5.74, 6) is -0.469. The second kappa shape index (κ2) is 4.86. The number of benzene rings is 2. The first-order valence-electron chi connectivity index (χ1n) is 6.50. The van der Waals surface area contributed by atoms with Gasteiger partial charge in [0.25, 0.3) is 0 Å². The van der Waals surface area contributed by atoms with Gasteiger partial charge in [-0.15, -0.1) is 0 Å². The Bertz CT molecular complexity index is 703. The summed E-state index contributed by atoms with van der Waals surface area (Å²) in [7, 11) is 0. The summed E-state index contributed by atoms with van der Waals surface area (Å²) in [4.78, 5) is 2.03. The molecule has 2 N–H and O–H groups in total. The molecule has 2 aromatic carbocycles. The third-order valence-electron chi connectivity index (χ3n) is 3.75. The van der Waals surface area contributed by atoms with Gasteiger partial charge < -0.3 is 10.6 Å². The number of nitrogens with zero attached hydrogens (tertiary/aromatic N) is 2. The summed E-state index contributed by atoms with van der Waals surface area (Å²) in [6.07, 6.45) is 0.809. The van der Waals surface area contributed by atoms with Crippen LogP contribution in [0.2, 0.25) is 0 Å². The van der Waals surface area contributed by atoms with Gasteiger partial charge in [-0.05, 0) is 35.7 Å². The number of nitrogens with two attached hydrogens (primary N) is 1. The van der Waals surface area contributed by atoms with Crippen molar-refractivity contribution < 1.29 is 4.39 Å². The van der Waals surface area contributed by atoms with Gasteiger partial charge in [0.05, 0.1) is 5.69 Å². The van der Waals surface area contributed by atoms with Crippen molar-refractivity contribution in [3.63, 3.8) is 0 Å². The maximum Gasteiger partial charge on any atom is 0.143 e. The average molecular weight is 267 g/mol. The van der Waals surface area contributed by atoms with Gasteiger partial charge in [-0.1, -0.05) is 18.2 Å². The van der Waals surface area contributed by atoms with Crippen molar-refractivity contribution in [3.8, 4) is 6.07 Å². The molecule has 0 saturated heterocycles. The van der Waals surface area contributed by atoms with Gasteiger partial charge in [0.1, 0.15) is 17.4 Å². The Morgan fingerprint density at radius 2 is 2.00 bits per heavy atom. The van der Waals surface area contributed by atoms with E-state index in [1.54, 1.807) is 12.1 Å². The van der Waals surface area contributed by atoms with Gasteiger partial charge >= 0.3 is 0 Å². The predicted octanol–water partition coefficient (Wildman–Crippen LogP) is 2.84. The minimum Gasteiger partial charge on any atom is -0.398 e. The van der Waals surface area contributed by atoms with Crippen LogP contribution in [0.15, 0.2) is 36.4 Å². The summed E-state index contributed by atoms with van der Waals surface area (Å²) >= 11 is 0. The molecule has 0 fully saturated rings. The smallest absolute Gasteiger partial charge is 0.143 e. The molecule has 20 heavy (non-hydrogen) atoms. The molecule has 0 atom stereocenters. The maximum atomic E-state index is 13.7. The maximum absolute atomic E-state index is 13.7. The standard InChI is InChI=1S/C16H14FN3/c17-14-4-2-6-16(13(14)9-18)20-8-7-12-11(10-20)3-1-5-15(12)19/h1-6H,7-8,10,19H2. The second-order valence-corrected chi connectivity index (χ2v) is 4.90.